The van der Waals surface area contributed by atoms with E-state index in [9.17, 15) is 19.2 Å². The lowest BCUT2D eigenvalue weighted by Crippen LogP contribution is -2.40. The van der Waals surface area contributed by atoms with Crippen molar-refractivity contribution in [3.63, 3.8) is 0 Å². The highest BCUT2D eigenvalue weighted by Crippen LogP contribution is 2.43. The topological polar surface area (TPSA) is 168 Å². The van der Waals surface area contributed by atoms with Gasteiger partial charge in [0.2, 0.25) is 0 Å². The number of carbonyl (C=O) groups is 4. The molecule has 0 fully saturated rings. The first kappa shape index (κ1) is 34.3. The molecule has 48 heavy (non-hydrogen) atoms. The minimum Gasteiger partial charge on any atom is -0.465 e. The van der Waals surface area contributed by atoms with Crippen molar-refractivity contribution in [1.82, 2.24) is 19.9 Å². The Morgan fingerprint density at radius 2 is 0.542 bits per heavy atom. The van der Waals surface area contributed by atoms with Crippen LogP contribution < -0.4 is 0 Å². The summed E-state index contributed by atoms with van der Waals surface area (Å²) in [6.07, 6.45) is 0. The third-order valence-electron chi connectivity index (χ3n) is 9.79. The number of carbonyl (C=O) groups excluding carboxylic acids is 4. The highest BCUT2D eigenvalue weighted by Gasteiger charge is 2.50. The summed E-state index contributed by atoms with van der Waals surface area (Å²) in [6.45, 7) is 14.3. The molecule has 5 rings (SSSR count). The van der Waals surface area contributed by atoms with Gasteiger partial charge in [0.15, 0.2) is 0 Å². The van der Waals surface area contributed by atoms with Crippen molar-refractivity contribution in [2.75, 3.05) is 26.4 Å². The standard InChI is InChI=1S/C36H44N4O8/c1-9-45-29(41)33(5)21-13-15-23(37-21)34(6,30(42)46-10-2)25-17-19-27(39-25)36(8,32(44)48-12-4)28-20-18-26(40-28)35(7,31(43)47-11-3)24-16-14-22(33)38-24/h13-20,37-40H,9-12H2,1-8H3. The van der Waals surface area contributed by atoms with Gasteiger partial charge in [-0.15, -0.1) is 0 Å². The number of esters is 4. The van der Waals surface area contributed by atoms with Crippen molar-refractivity contribution in [1.29, 1.82) is 0 Å². The molecule has 12 heteroatoms. The summed E-state index contributed by atoms with van der Waals surface area (Å²) < 4.78 is 22.4. The maximum Gasteiger partial charge on any atom is 0.323 e. The van der Waals surface area contributed by atoms with Gasteiger partial charge in [-0.3, -0.25) is 19.2 Å². The van der Waals surface area contributed by atoms with Crippen LogP contribution in [0.4, 0.5) is 0 Å². The number of hydrogen-bond acceptors (Lipinski definition) is 8. The molecule has 0 saturated heterocycles. The zero-order valence-corrected chi connectivity index (χ0v) is 28.7. The molecule has 0 aliphatic carbocycles. The Bertz CT molecular complexity index is 1500. The lowest BCUT2D eigenvalue weighted by Gasteiger charge is -2.30. The maximum absolute atomic E-state index is 13.9. The third kappa shape index (κ3) is 4.96. The number of aromatic nitrogens is 4. The Morgan fingerprint density at radius 3 is 0.667 bits per heavy atom. The fraction of sp³-hybridized carbons (Fsp3) is 0.444. The van der Waals surface area contributed by atoms with Crippen molar-refractivity contribution in [2.24, 2.45) is 0 Å². The van der Waals surface area contributed by atoms with Crippen LogP contribution in [0.3, 0.4) is 0 Å². The van der Waals surface area contributed by atoms with E-state index in [0.717, 1.165) is 0 Å². The molecule has 12 nitrogen and oxygen atoms in total. The van der Waals surface area contributed by atoms with Gasteiger partial charge in [-0.05, 0) is 104 Å². The van der Waals surface area contributed by atoms with Crippen LogP contribution in [0, 0.1) is 0 Å². The van der Waals surface area contributed by atoms with Crippen LogP contribution in [0.2, 0.25) is 0 Å². The van der Waals surface area contributed by atoms with Crippen LogP contribution in [0.1, 0.15) is 101 Å². The largest absolute Gasteiger partial charge is 0.465 e. The van der Waals surface area contributed by atoms with E-state index in [1.54, 1.807) is 104 Å². The predicted octanol–water partition coefficient (Wildman–Crippen LogP) is 4.79. The number of hydrogen-bond donors (Lipinski definition) is 4. The summed E-state index contributed by atoms with van der Waals surface area (Å²) in [5.41, 5.74) is -2.15. The van der Waals surface area contributed by atoms with E-state index < -0.39 is 45.5 Å². The van der Waals surface area contributed by atoms with E-state index in [4.69, 9.17) is 18.9 Å². The number of aromatic amines is 4. The van der Waals surface area contributed by atoms with Gasteiger partial charge in [-0.2, -0.15) is 0 Å². The van der Waals surface area contributed by atoms with Gasteiger partial charge >= 0.3 is 23.9 Å². The number of rotatable bonds is 8. The first-order valence-electron chi connectivity index (χ1n) is 16.3. The van der Waals surface area contributed by atoms with E-state index in [-0.39, 0.29) is 26.4 Å². The summed E-state index contributed by atoms with van der Waals surface area (Å²) in [5.74, 6) is -2.17. The molecule has 4 aromatic rings. The fourth-order valence-corrected chi connectivity index (χ4v) is 6.48. The first-order chi connectivity index (χ1) is 22.8. The highest BCUT2D eigenvalue weighted by molar-refractivity contribution is 5.90. The van der Waals surface area contributed by atoms with Crippen molar-refractivity contribution in [3.05, 3.63) is 94.1 Å². The van der Waals surface area contributed by atoms with Crippen LogP contribution in [0.15, 0.2) is 48.5 Å². The molecule has 1 aliphatic rings. The molecule has 0 spiro atoms. The minimum absolute atomic E-state index is 0.131. The Hall–Kier alpha value is -5.00. The number of fused-ring (bicyclic) bond motifs is 8. The highest BCUT2D eigenvalue weighted by atomic mass is 16.5. The molecule has 0 aromatic carbocycles. The zero-order valence-electron chi connectivity index (χ0n) is 28.7. The second kappa shape index (κ2) is 12.6. The molecule has 8 bridgehead atoms. The summed E-state index contributed by atoms with van der Waals surface area (Å²) in [6, 6.07) is 13.9. The average molecular weight is 661 g/mol. The lowest BCUT2D eigenvalue weighted by molar-refractivity contribution is -0.149. The molecule has 0 saturated carbocycles. The van der Waals surface area contributed by atoms with Gasteiger partial charge in [0.05, 0.1) is 26.4 Å². The van der Waals surface area contributed by atoms with Gasteiger partial charge in [-0.1, -0.05) is 0 Å². The van der Waals surface area contributed by atoms with Crippen LogP contribution in [0.5, 0.6) is 0 Å². The zero-order chi connectivity index (χ0) is 35.1. The van der Waals surface area contributed by atoms with Crippen molar-refractivity contribution in [3.8, 4) is 0 Å². The molecule has 256 valence electrons. The number of ether oxygens (including phenoxy) is 4. The van der Waals surface area contributed by atoms with E-state index in [2.05, 4.69) is 19.9 Å². The average Bonchev–Trinajstić information content (AvgIpc) is 3.90. The predicted molar refractivity (Wildman–Crippen MR) is 176 cm³/mol. The van der Waals surface area contributed by atoms with Gasteiger partial charge in [0.1, 0.15) is 21.7 Å². The SMILES string of the molecule is CCOC(=O)C1(C)c2ccc([nH]2)C(C)(C(=O)OCC)c2ccc([nH]2)C(C)(C(=O)OCC)c2ccc([nH]2)C(C)(C(=O)OCC)c2ccc1[nH]2. The van der Waals surface area contributed by atoms with Crippen LogP contribution in [-0.2, 0) is 59.8 Å². The van der Waals surface area contributed by atoms with Crippen LogP contribution in [0.25, 0.3) is 0 Å². The summed E-state index contributed by atoms with van der Waals surface area (Å²) >= 11 is 0. The van der Waals surface area contributed by atoms with Gasteiger partial charge < -0.3 is 38.9 Å². The molecule has 0 unspecified atom stereocenters. The Morgan fingerprint density at radius 1 is 0.396 bits per heavy atom. The van der Waals surface area contributed by atoms with Crippen molar-refractivity contribution in [2.45, 2.75) is 77.0 Å². The van der Waals surface area contributed by atoms with Gasteiger partial charge in [0, 0.05) is 45.6 Å². The second-order valence-electron chi connectivity index (χ2n) is 12.5. The van der Waals surface area contributed by atoms with E-state index in [0.29, 0.717) is 45.6 Å². The third-order valence-corrected chi connectivity index (χ3v) is 9.79. The molecular formula is C36H44N4O8. The Balaban J connectivity index is 1.88. The molecule has 4 aromatic heterocycles. The van der Waals surface area contributed by atoms with E-state index in [1.807, 2.05) is 0 Å². The molecule has 4 N–H and O–H groups in total. The Labute approximate surface area is 279 Å². The lowest BCUT2D eigenvalue weighted by atomic mass is 9.82. The van der Waals surface area contributed by atoms with Crippen molar-refractivity contribution >= 4 is 23.9 Å². The second-order valence-corrected chi connectivity index (χ2v) is 12.5. The minimum atomic E-state index is -1.42. The first-order valence-corrected chi connectivity index (χ1v) is 16.3. The van der Waals surface area contributed by atoms with Crippen LogP contribution >= 0.6 is 0 Å². The smallest absolute Gasteiger partial charge is 0.323 e. The van der Waals surface area contributed by atoms with Crippen LogP contribution in [-0.4, -0.2) is 70.2 Å². The Kier molecular flexibility index (Phi) is 8.98. The maximum atomic E-state index is 13.9. The number of nitrogens with one attached hydrogen (secondary N) is 4. The summed E-state index contributed by atoms with van der Waals surface area (Å²) in [5, 5.41) is 0. The number of H-pyrrole nitrogens is 4. The van der Waals surface area contributed by atoms with E-state index >= 15 is 0 Å². The molecule has 0 radical (unpaired) electrons. The summed E-state index contributed by atoms with van der Waals surface area (Å²) in [7, 11) is 0. The molecule has 1 aliphatic heterocycles. The molecule has 5 heterocycles. The van der Waals surface area contributed by atoms with Crippen molar-refractivity contribution < 1.29 is 38.1 Å². The summed E-state index contributed by atoms with van der Waals surface area (Å²) in [4.78, 5) is 68.8. The van der Waals surface area contributed by atoms with Gasteiger partial charge in [0.25, 0.3) is 0 Å². The molecular weight excluding hydrogens is 616 g/mol. The quantitative estimate of drug-likeness (QED) is 0.155. The fourth-order valence-electron chi connectivity index (χ4n) is 6.48. The molecule has 0 atom stereocenters. The molecule has 0 amide bonds. The normalized spacial score (nSPS) is 24.8. The van der Waals surface area contributed by atoms with E-state index in [1.165, 1.54) is 0 Å². The monoisotopic (exact) mass is 660 g/mol. The van der Waals surface area contributed by atoms with Gasteiger partial charge in [-0.25, -0.2) is 0 Å².